The number of para-hydroxylation sites is 2. The zero-order valence-corrected chi connectivity index (χ0v) is 35.7. The summed E-state index contributed by atoms with van der Waals surface area (Å²) in [5.74, 6) is 2.42. The molecule has 2 aromatic heterocycles. The molecule has 0 spiro atoms. The zero-order valence-electron chi connectivity index (χ0n) is 35.7. The Kier molecular flexibility index (Phi) is 9.29. The Bertz CT molecular complexity index is 3080. The highest BCUT2D eigenvalue weighted by Gasteiger charge is 2.29. The minimum absolute atomic E-state index is 0.0343. The first-order chi connectivity index (χ1) is 29.5. The summed E-state index contributed by atoms with van der Waals surface area (Å²) in [5, 5.41) is 2.31. The molecule has 0 atom stereocenters. The number of benzene rings is 7. The zero-order chi connectivity index (χ0) is 41.9. The van der Waals surface area contributed by atoms with Crippen LogP contribution >= 0.6 is 0 Å². The first-order valence-electron chi connectivity index (χ1n) is 21.2. The highest BCUT2D eigenvalue weighted by molar-refractivity contribution is 6.11. The van der Waals surface area contributed by atoms with Crippen molar-refractivity contribution in [1.82, 2.24) is 9.55 Å². The molecule has 9 aromatic rings. The van der Waals surface area contributed by atoms with E-state index in [-0.39, 0.29) is 10.8 Å². The lowest BCUT2D eigenvalue weighted by molar-refractivity contribution is 0.483. The van der Waals surface area contributed by atoms with Crippen molar-refractivity contribution in [3.63, 3.8) is 0 Å². The van der Waals surface area contributed by atoms with Crippen molar-refractivity contribution in [3.05, 3.63) is 193 Å². The third-order valence-electron chi connectivity index (χ3n) is 12.0. The van der Waals surface area contributed by atoms with Crippen molar-refractivity contribution in [2.24, 2.45) is 0 Å². The van der Waals surface area contributed by atoms with Gasteiger partial charge in [-0.1, -0.05) is 133 Å². The maximum atomic E-state index is 6.79. The van der Waals surface area contributed by atoms with Gasteiger partial charge in [0.15, 0.2) is 0 Å². The normalized spacial score (nSPS) is 13.0. The minimum Gasteiger partial charge on any atom is -0.457 e. The van der Waals surface area contributed by atoms with E-state index in [1.165, 1.54) is 50.4 Å². The van der Waals surface area contributed by atoms with Crippen LogP contribution in [0.4, 0.5) is 22.7 Å². The molecular weight excluding hydrogens is 745 g/mol. The molecular formula is C56H50N4O. The number of anilines is 4. The van der Waals surface area contributed by atoms with E-state index in [1.807, 2.05) is 12.3 Å². The molecule has 1 aliphatic heterocycles. The fourth-order valence-electron chi connectivity index (χ4n) is 8.74. The number of aromatic nitrogens is 2. The van der Waals surface area contributed by atoms with Crippen LogP contribution < -0.4 is 14.5 Å². The van der Waals surface area contributed by atoms with Crippen LogP contribution in [-0.2, 0) is 10.8 Å². The average Bonchev–Trinajstić information content (AvgIpc) is 3.82. The van der Waals surface area contributed by atoms with Crippen LogP contribution in [0.5, 0.6) is 11.5 Å². The maximum absolute atomic E-state index is 6.79. The minimum atomic E-state index is -0.0343. The van der Waals surface area contributed by atoms with Gasteiger partial charge in [-0.05, 0) is 117 Å². The number of hydrogen-bond acceptors (Lipinski definition) is 4. The molecule has 0 amide bonds. The van der Waals surface area contributed by atoms with Crippen molar-refractivity contribution in [3.8, 4) is 39.6 Å². The Labute approximate surface area is 359 Å². The number of pyridine rings is 1. The van der Waals surface area contributed by atoms with Crippen LogP contribution in [0.2, 0.25) is 0 Å². The van der Waals surface area contributed by atoms with E-state index in [4.69, 9.17) is 9.72 Å². The Hall–Kier alpha value is -7.11. The standard InChI is InChI=1S/C56H50N4O/c1-55(2,3)40-18-14-19-42(33-40)58-37-59(52-25-13-12-24-51(52)58)43-20-15-21-44(35-43)61-45-27-28-48-49-32-39(47-23-11-10-22-46(47)38-16-8-7-9-17-38)26-29-50(49)60(53(48)36-45)54-34-41(30-31-57-54)56(4,5)6/h7-36H,37H2,1-6H3. The van der Waals surface area contributed by atoms with E-state index >= 15 is 0 Å². The number of rotatable bonds is 7. The third-order valence-corrected chi connectivity index (χ3v) is 12.0. The SMILES string of the molecule is CC(C)(C)c1cccc(N2CN(c3cccc(Oc4ccc5c6cc(-c7ccccc7-c7ccccc7)ccc6n(-c6cc(C(C)(C)C)ccn6)c5c4)c3)c3ccccc32)c1. The first kappa shape index (κ1) is 38.1. The summed E-state index contributed by atoms with van der Waals surface area (Å²) in [6, 6.07) is 63.0. The molecule has 300 valence electrons. The number of nitrogens with zero attached hydrogens (tertiary/aromatic N) is 4. The monoisotopic (exact) mass is 794 g/mol. The van der Waals surface area contributed by atoms with Gasteiger partial charge in [0.25, 0.3) is 0 Å². The highest BCUT2D eigenvalue weighted by atomic mass is 16.5. The summed E-state index contributed by atoms with van der Waals surface area (Å²) >= 11 is 0. The smallest absolute Gasteiger partial charge is 0.137 e. The molecule has 5 nitrogen and oxygen atoms in total. The molecule has 0 N–H and O–H groups in total. The molecule has 5 heteroatoms. The molecule has 0 saturated heterocycles. The first-order valence-corrected chi connectivity index (χ1v) is 21.2. The van der Waals surface area contributed by atoms with Gasteiger partial charge in [0.05, 0.1) is 22.4 Å². The van der Waals surface area contributed by atoms with Gasteiger partial charge >= 0.3 is 0 Å². The Morgan fingerprint density at radius 3 is 1.80 bits per heavy atom. The molecule has 10 rings (SSSR count). The molecule has 0 bridgehead atoms. The van der Waals surface area contributed by atoms with Crippen LogP contribution in [0.15, 0.2) is 182 Å². The average molecular weight is 795 g/mol. The van der Waals surface area contributed by atoms with E-state index in [2.05, 4.69) is 226 Å². The van der Waals surface area contributed by atoms with E-state index in [0.29, 0.717) is 6.67 Å². The van der Waals surface area contributed by atoms with E-state index in [9.17, 15) is 0 Å². The van der Waals surface area contributed by atoms with Crippen LogP contribution in [0.1, 0.15) is 52.7 Å². The second-order valence-corrected chi connectivity index (χ2v) is 18.2. The van der Waals surface area contributed by atoms with E-state index in [1.54, 1.807) is 0 Å². The largest absolute Gasteiger partial charge is 0.457 e. The second kappa shape index (κ2) is 14.9. The molecule has 0 radical (unpaired) electrons. The molecule has 7 aromatic carbocycles. The van der Waals surface area contributed by atoms with Crippen LogP contribution in [0.25, 0.3) is 49.9 Å². The van der Waals surface area contributed by atoms with E-state index in [0.717, 1.165) is 44.8 Å². The van der Waals surface area contributed by atoms with Gasteiger partial charge in [-0.25, -0.2) is 4.98 Å². The van der Waals surface area contributed by atoms with Crippen molar-refractivity contribution >= 4 is 44.6 Å². The van der Waals surface area contributed by atoms with Crippen molar-refractivity contribution in [2.45, 2.75) is 52.4 Å². The Morgan fingerprint density at radius 2 is 1.08 bits per heavy atom. The highest BCUT2D eigenvalue weighted by Crippen LogP contribution is 2.46. The van der Waals surface area contributed by atoms with Crippen molar-refractivity contribution in [2.75, 3.05) is 16.5 Å². The lowest BCUT2D eigenvalue weighted by Gasteiger charge is -2.25. The van der Waals surface area contributed by atoms with Gasteiger partial charge < -0.3 is 14.5 Å². The van der Waals surface area contributed by atoms with Gasteiger partial charge in [-0.3, -0.25) is 4.57 Å². The quantitative estimate of drug-likeness (QED) is 0.161. The number of fused-ring (bicyclic) bond motifs is 4. The Balaban J connectivity index is 1.04. The van der Waals surface area contributed by atoms with Gasteiger partial charge in [0.1, 0.15) is 24.0 Å². The molecule has 0 aliphatic carbocycles. The summed E-state index contributed by atoms with van der Waals surface area (Å²) in [6.45, 7) is 14.2. The van der Waals surface area contributed by atoms with Crippen molar-refractivity contribution in [1.29, 1.82) is 0 Å². The molecule has 3 heterocycles. The predicted octanol–water partition coefficient (Wildman–Crippen LogP) is 15.1. The van der Waals surface area contributed by atoms with Crippen LogP contribution in [0.3, 0.4) is 0 Å². The van der Waals surface area contributed by atoms with E-state index < -0.39 is 0 Å². The molecule has 61 heavy (non-hydrogen) atoms. The Morgan fingerprint density at radius 1 is 0.459 bits per heavy atom. The molecule has 0 saturated carbocycles. The fourth-order valence-corrected chi connectivity index (χ4v) is 8.74. The lowest BCUT2D eigenvalue weighted by Crippen LogP contribution is -2.24. The predicted molar refractivity (Wildman–Crippen MR) is 255 cm³/mol. The van der Waals surface area contributed by atoms with Gasteiger partial charge in [-0.15, -0.1) is 0 Å². The summed E-state index contributed by atoms with van der Waals surface area (Å²) in [7, 11) is 0. The number of ether oxygens (including phenoxy) is 1. The fraction of sp³-hybridized carbons (Fsp3) is 0.161. The summed E-state index contributed by atoms with van der Waals surface area (Å²) < 4.78 is 9.08. The molecule has 1 aliphatic rings. The van der Waals surface area contributed by atoms with Gasteiger partial charge in [0, 0.05) is 40.5 Å². The van der Waals surface area contributed by atoms with Crippen LogP contribution in [0, 0.1) is 0 Å². The topological polar surface area (TPSA) is 33.5 Å². The van der Waals surface area contributed by atoms with Gasteiger partial charge in [-0.2, -0.15) is 0 Å². The van der Waals surface area contributed by atoms with Crippen LogP contribution in [-0.4, -0.2) is 16.2 Å². The molecule has 0 unspecified atom stereocenters. The summed E-state index contributed by atoms with van der Waals surface area (Å²) in [4.78, 5) is 9.75. The molecule has 0 fully saturated rings. The van der Waals surface area contributed by atoms with Crippen molar-refractivity contribution < 1.29 is 4.74 Å². The maximum Gasteiger partial charge on any atom is 0.137 e. The van der Waals surface area contributed by atoms with Gasteiger partial charge in [0.2, 0.25) is 0 Å². The lowest BCUT2D eigenvalue weighted by atomic mass is 9.87. The third kappa shape index (κ3) is 7.10. The second-order valence-electron chi connectivity index (χ2n) is 18.2. The summed E-state index contributed by atoms with van der Waals surface area (Å²) in [5.41, 5.74) is 14.1. The number of hydrogen-bond donors (Lipinski definition) is 0. The summed E-state index contributed by atoms with van der Waals surface area (Å²) in [6.07, 6.45) is 1.93.